The standard InChI is InChI=1S/C17H22N2O2/c1-12-7-15(5-4-6-18)9-16(8-12)17(20)19-10-13(2)21-14(3)11-19/h7-9,13-14H,6,10-11,18H2,1-3H3. The van der Waals surface area contributed by atoms with Gasteiger partial charge in [-0.05, 0) is 44.5 Å². The Morgan fingerprint density at radius 3 is 2.62 bits per heavy atom. The van der Waals surface area contributed by atoms with Crippen LogP contribution in [0.3, 0.4) is 0 Å². The van der Waals surface area contributed by atoms with Crippen LogP contribution in [0.25, 0.3) is 0 Å². The van der Waals surface area contributed by atoms with Gasteiger partial charge >= 0.3 is 0 Å². The van der Waals surface area contributed by atoms with E-state index in [2.05, 4.69) is 11.8 Å². The minimum atomic E-state index is 0.0384. The molecule has 0 bridgehead atoms. The molecule has 1 saturated heterocycles. The summed E-state index contributed by atoms with van der Waals surface area (Å²) >= 11 is 0. The monoisotopic (exact) mass is 286 g/mol. The van der Waals surface area contributed by atoms with E-state index in [1.165, 1.54) is 0 Å². The quantitative estimate of drug-likeness (QED) is 0.797. The minimum Gasteiger partial charge on any atom is -0.372 e. The first-order chi connectivity index (χ1) is 9.99. The fourth-order valence-electron chi connectivity index (χ4n) is 2.66. The first-order valence-electron chi connectivity index (χ1n) is 7.25. The van der Waals surface area contributed by atoms with Crippen LogP contribution in [0.1, 0.15) is 35.3 Å². The number of amides is 1. The molecule has 112 valence electrons. The maximum atomic E-state index is 12.7. The van der Waals surface area contributed by atoms with E-state index in [4.69, 9.17) is 10.5 Å². The summed E-state index contributed by atoms with van der Waals surface area (Å²) in [6.45, 7) is 7.52. The smallest absolute Gasteiger partial charge is 0.254 e. The first kappa shape index (κ1) is 15.6. The molecular weight excluding hydrogens is 264 g/mol. The topological polar surface area (TPSA) is 55.6 Å². The largest absolute Gasteiger partial charge is 0.372 e. The number of ether oxygens (including phenoxy) is 1. The molecule has 2 atom stereocenters. The Hall–Kier alpha value is -1.83. The van der Waals surface area contributed by atoms with Gasteiger partial charge in [-0.25, -0.2) is 0 Å². The third-order valence-corrected chi connectivity index (χ3v) is 3.37. The normalized spacial score (nSPS) is 21.6. The molecule has 0 aliphatic carbocycles. The molecule has 2 N–H and O–H groups in total. The zero-order chi connectivity index (χ0) is 15.4. The summed E-state index contributed by atoms with van der Waals surface area (Å²) in [5.74, 6) is 5.85. The molecule has 0 spiro atoms. The molecule has 1 aliphatic heterocycles. The number of benzene rings is 1. The summed E-state index contributed by atoms with van der Waals surface area (Å²) < 4.78 is 5.67. The van der Waals surface area contributed by atoms with Crippen LogP contribution in [0.15, 0.2) is 18.2 Å². The predicted molar refractivity (Wildman–Crippen MR) is 83.0 cm³/mol. The molecule has 1 aromatic rings. The second-order valence-electron chi connectivity index (χ2n) is 5.56. The second-order valence-corrected chi connectivity index (χ2v) is 5.56. The first-order valence-corrected chi connectivity index (χ1v) is 7.25. The van der Waals surface area contributed by atoms with E-state index in [9.17, 15) is 4.79 Å². The highest BCUT2D eigenvalue weighted by atomic mass is 16.5. The molecule has 0 radical (unpaired) electrons. The van der Waals surface area contributed by atoms with Crippen molar-refractivity contribution in [1.29, 1.82) is 0 Å². The number of hydrogen-bond donors (Lipinski definition) is 1. The van der Waals surface area contributed by atoms with Gasteiger partial charge in [-0.1, -0.05) is 11.8 Å². The highest BCUT2D eigenvalue weighted by Gasteiger charge is 2.26. The molecule has 4 nitrogen and oxygen atoms in total. The molecule has 21 heavy (non-hydrogen) atoms. The van der Waals surface area contributed by atoms with Crippen LogP contribution in [0.2, 0.25) is 0 Å². The summed E-state index contributed by atoms with van der Waals surface area (Å²) in [6, 6.07) is 5.70. The van der Waals surface area contributed by atoms with Crippen molar-refractivity contribution in [3.63, 3.8) is 0 Å². The van der Waals surface area contributed by atoms with Gasteiger partial charge in [0.15, 0.2) is 0 Å². The van der Waals surface area contributed by atoms with E-state index < -0.39 is 0 Å². The number of rotatable bonds is 1. The highest BCUT2D eigenvalue weighted by molar-refractivity contribution is 5.95. The summed E-state index contributed by atoms with van der Waals surface area (Å²) in [5.41, 5.74) is 7.93. The minimum absolute atomic E-state index is 0.0384. The summed E-state index contributed by atoms with van der Waals surface area (Å²) in [5, 5.41) is 0. The van der Waals surface area contributed by atoms with Gasteiger partial charge in [0.25, 0.3) is 5.91 Å². The fourth-order valence-corrected chi connectivity index (χ4v) is 2.66. The van der Waals surface area contributed by atoms with Crippen molar-refractivity contribution in [3.8, 4) is 11.8 Å². The van der Waals surface area contributed by atoms with Crippen molar-refractivity contribution >= 4 is 5.91 Å². The van der Waals surface area contributed by atoms with Crippen molar-refractivity contribution in [2.45, 2.75) is 33.0 Å². The van der Waals surface area contributed by atoms with Crippen LogP contribution in [0.5, 0.6) is 0 Å². The molecular formula is C17H22N2O2. The zero-order valence-corrected chi connectivity index (χ0v) is 12.8. The fraction of sp³-hybridized carbons (Fsp3) is 0.471. The number of carbonyl (C=O) groups is 1. The van der Waals surface area contributed by atoms with Crippen LogP contribution in [0, 0.1) is 18.8 Å². The number of carbonyl (C=O) groups excluding carboxylic acids is 1. The summed E-state index contributed by atoms with van der Waals surface area (Å²) in [7, 11) is 0. The van der Waals surface area contributed by atoms with Crippen LogP contribution >= 0.6 is 0 Å². The molecule has 1 heterocycles. The third kappa shape index (κ3) is 4.07. The number of nitrogens with two attached hydrogens (primary N) is 1. The molecule has 0 aromatic heterocycles. The number of aryl methyl sites for hydroxylation is 1. The van der Waals surface area contributed by atoms with E-state index in [1.54, 1.807) is 0 Å². The SMILES string of the molecule is Cc1cc(C#CCN)cc(C(=O)N2CC(C)OC(C)C2)c1. The molecule has 1 amide bonds. The van der Waals surface area contributed by atoms with Crippen molar-refractivity contribution in [2.24, 2.45) is 5.73 Å². The van der Waals surface area contributed by atoms with Gasteiger partial charge < -0.3 is 15.4 Å². The predicted octanol–water partition coefficient (Wildman–Crippen LogP) is 1.55. The Morgan fingerprint density at radius 2 is 2.00 bits per heavy atom. The lowest BCUT2D eigenvalue weighted by Crippen LogP contribution is -2.48. The molecule has 2 rings (SSSR count). The van der Waals surface area contributed by atoms with Gasteiger partial charge in [0.2, 0.25) is 0 Å². The summed E-state index contributed by atoms with van der Waals surface area (Å²) in [4.78, 5) is 14.5. The molecule has 1 aliphatic rings. The average molecular weight is 286 g/mol. The van der Waals surface area contributed by atoms with Crippen molar-refractivity contribution in [2.75, 3.05) is 19.6 Å². The molecule has 0 saturated carbocycles. The van der Waals surface area contributed by atoms with E-state index in [0.29, 0.717) is 25.2 Å². The molecule has 1 aromatic carbocycles. The Morgan fingerprint density at radius 1 is 1.33 bits per heavy atom. The van der Waals surface area contributed by atoms with Crippen LogP contribution in [0.4, 0.5) is 0 Å². The Labute approximate surface area is 126 Å². The van der Waals surface area contributed by atoms with Gasteiger partial charge in [0.05, 0.1) is 18.8 Å². The van der Waals surface area contributed by atoms with Gasteiger partial charge in [-0.2, -0.15) is 0 Å². The lowest BCUT2D eigenvalue weighted by Gasteiger charge is -2.35. The second kappa shape index (κ2) is 6.75. The highest BCUT2D eigenvalue weighted by Crippen LogP contribution is 2.16. The van der Waals surface area contributed by atoms with Crippen molar-refractivity contribution in [3.05, 3.63) is 34.9 Å². The zero-order valence-electron chi connectivity index (χ0n) is 12.8. The van der Waals surface area contributed by atoms with E-state index in [-0.39, 0.29) is 18.1 Å². The van der Waals surface area contributed by atoms with E-state index in [0.717, 1.165) is 11.1 Å². The van der Waals surface area contributed by atoms with Gasteiger partial charge in [0.1, 0.15) is 0 Å². The number of nitrogens with zero attached hydrogens (tertiary/aromatic N) is 1. The molecule has 1 fully saturated rings. The molecule has 2 unspecified atom stereocenters. The Balaban J connectivity index is 2.24. The van der Waals surface area contributed by atoms with Crippen LogP contribution in [-0.4, -0.2) is 42.6 Å². The average Bonchev–Trinajstić information content (AvgIpc) is 2.42. The van der Waals surface area contributed by atoms with E-state index in [1.807, 2.05) is 43.9 Å². The lowest BCUT2D eigenvalue weighted by molar-refractivity contribution is -0.0586. The number of morpholine rings is 1. The van der Waals surface area contributed by atoms with Crippen LogP contribution < -0.4 is 5.73 Å². The van der Waals surface area contributed by atoms with E-state index >= 15 is 0 Å². The summed E-state index contributed by atoms with van der Waals surface area (Å²) in [6.07, 6.45) is 0.137. The third-order valence-electron chi connectivity index (χ3n) is 3.37. The lowest BCUT2D eigenvalue weighted by atomic mass is 10.0. The Kier molecular flexibility index (Phi) is 5.00. The maximum absolute atomic E-state index is 12.7. The van der Waals surface area contributed by atoms with Gasteiger partial charge in [0, 0.05) is 24.2 Å². The van der Waals surface area contributed by atoms with Gasteiger partial charge in [-0.15, -0.1) is 0 Å². The Bertz CT molecular complexity index is 576. The van der Waals surface area contributed by atoms with Crippen molar-refractivity contribution in [1.82, 2.24) is 4.90 Å². The van der Waals surface area contributed by atoms with Crippen molar-refractivity contribution < 1.29 is 9.53 Å². The maximum Gasteiger partial charge on any atom is 0.254 e. The molecule has 4 heteroatoms. The van der Waals surface area contributed by atoms with Crippen LogP contribution in [-0.2, 0) is 4.74 Å². The number of hydrogen-bond acceptors (Lipinski definition) is 3. The van der Waals surface area contributed by atoms with Gasteiger partial charge in [-0.3, -0.25) is 4.79 Å².